The lowest BCUT2D eigenvalue weighted by Crippen LogP contribution is -2.62. The molecular weight excluding hydrogens is 426 g/mol. The van der Waals surface area contributed by atoms with Crippen molar-refractivity contribution in [1.29, 1.82) is 0 Å². The van der Waals surface area contributed by atoms with Crippen LogP contribution in [0.5, 0.6) is 0 Å². The highest BCUT2D eigenvalue weighted by Gasteiger charge is 2.64. The predicted molar refractivity (Wildman–Crippen MR) is 125 cm³/mol. The van der Waals surface area contributed by atoms with Crippen molar-refractivity contribution in [2.24, 2.45) is 52.3 Å². The molecule has 1 unspecified atom stereocenters. The molecule has 4 aliphatic rings. The van der Waals surface area contributed by atoms with Gasteiger partial charge in [-0.2, -0.15) is 13.1 Å². The summed E-state index contributed by atoms with van der Waals surface area (Å²) < 4.78 is 33.3. The molecule has 4 aliphatic carbocycles. The van der Waals surface area contributed by atoms with Gasteiger partial charge in [0.05, 0.1) is 12.2 Å². The maximum absolute atomic E-state index is 11.7. The third kappa shape index (κ3) is 4.08. The molecule has 0 aliphatic heterocycles. The van der Waals surface area contributed by atoms with E-state index in [1.165, 1.54) is 6.42 Å². The first kappa shape index (κ1) is 24.9. The summed E-state index contributed by atoms with van der Waals surface area (Å²) >= 11 is 0. The van der Waals surface area contributed by atoms with Crippen LogP contribution in [-0.4, -0.2) is 41.9 Å². The summed E-state index contributed by atoms with van der Waals surface area (Å²) in [4.78, 5) is 0. The molecule has 0 aromatic rings. The van der Waals surface area contributed by atoms with Crippen molar-refractivity contribution in [3.05, 3.63) is 0 Å². The number of hydrogen-bond acceptors (Lipinski definition) is 4. The van der Waals surface area contributed by atoms with Crippen LogP contribution in [-0.2, 0) is 10.3 Å². The van der Waals surface area contributed by atoms with Gasteiger partial charge in [-0.1, -0.05) is 34.1 Å². The first-order valence-electron chi connectivity index (χ1n) is 13.0. The fourth-order valence-corrected chi connectivity index (χ4v) is 9.93. The average Bonchev–Trinajstić information content (AvgIpc) is 3.06. The van der Waals surface area contributed by atoms with Crippen LogP contribution in [0.15, 0.2) is 0 Å². The molecule has 0 spiro atoms. The lowest BCUT2D eigenvalue weighted by atomic mass is 9.41. The molecule has 186 valence electrons. The van der Waals surface area contributed by atoms with Gasteiger partial charge < -0.3 is 10.2 Å². The fraction of sp³-hybridized carbons (Fsp3) is 1.00. The minimum atomic E-state index is -4.14. The molecule has 4 saturated carbocycles. The molecule has 0 heterocycles. The minimum absolute atomic E-state index is 0.176. The van der Waals surface area contributed by atoms with E-state index >= 15 is 0 Å². The van der Waals surface area contributed by atoms with Crippen LogP contribution < -0.4 is 4.72 Å². The highest BCUT2D eigenvalue weighted by atomic mass is 32.2. The van der Waals surface area contributed by atoms with E-state index in [-0.39, 0.29) is 35.5 Å². The summed E-state index contributed by atoms with van der Waals surface area (Å²) in [6.07, 6.45) is 8.63. The van der Waals surface area contributed by atoms with Crippen LogP contribution in [0.3, 0.4) is 0 Å². The molecule has 4 fully saturated rings. The van der Waals surface area contributed by atoms with E-state index in [0.717, 1.165) is 51.4 Å². The van der Waals surface area contributed by atoms with Gasteiger partial charge in [-0.05, 0) is 104 Å². The SMILES string of the molecule is CC[C@@H]1C2C[C@H](O)CC[C@]2(C)[C@H]2CC[C@]3(C)[C@@H]([C@H](C)CCNS(=O)(=O)O)CC[C@H]3[C@@H]2[C@@H]1O. The van der Waals surface area contributed by atoms with Gasteiger partial charge in [-0.25, -0.2) is 0 Å². The van der Waals surface area contributed by atoms with Gasteiger partial charge in [0.15, 0.2) is 0 Å². The van der Waals surface area contributed by atoms with Crippen molar-refractivity contribution in [3.8, 4) is 0 Å². The van der Waals surface area contributed by atoms with E-state index in [9.17, 15) is 18.6 Å². The Morgan fingerprint density at radius 1 is 1.00 bits per heavy atom. The van der Waals surface area contributed by atoms with Crippen LogP contribution in [0.2, 0.25) is 0 Å². The molecule has 0 saturated heterocycles. The van der Waals surface area contributed by atoms with Gasteiger partial charge in [0.25, 0.3) is 0 Å². The lowest BCUT2D eigenvalue weighted by molar-refractivity contribution is -0.203. The molecule has 7 heteroatoms. The Bertz CT molecular complexity index is 789. The zero-order chi connectivity index (χ0) is 23.5. The van der Waals surface area contributed by atoms with E-state index in [0.29, 0.717) is 35.5 Å². The van der Waals surface area contributed by atoms with E-state index < -0.39 is 10.3 Å². The Morgan fingerprint density at radius 2 is 1.66 bits per heavy atom. The van der Waals surface area contributed by atoms with Crippen molar-refractivity contribution < 1.29 is 23.2 Å². The predicted octanol–water partition coefficient (Wildman–Crippen LogP) is 4.03. The largest absolute Gasteiger partial charge is 0.393 e. The summed E-state index contributed by atoms with van der Waals surface area (Å²) in [5.74, 6) is 2.95. The quantitative estimate of drug-likeness (QED) is 0.438. The molecule has 4 rings (SSSR count). The molecule has 0 bridgehead atoms. The van der Waals surface area contributed by atoms with Crippen LogP contribution in [0.25, 0.3) is 0 Å². The Morgan fingerprint density at radius 3 is 2.31 bits per heavy atom. The zero-order valence-corrected chi connectivity index (χ0v) is 21.2. The van der Waals surface area contributed by atoms with Crippen LogP contribution in [0.4, 0.5) is 0 Å². The number of aliphatic hydroxyl groups excluding tert-OH is 2. The molecule has 0 radical (unpaired) electrons. The Hall–Kier alpha value is -0.210. The molecule has 32 heavy (non-hydrogen) atoms. The van der Waals surface area contributed by atoms with Crippen molar-refractivity contribution in [2.45, 2.75) is 97.7 Å². The minimum Gasteiger partial charge on any atom is -0.393 e. The van der Waals surface area contributed by atoms with Crippen LogP contribution in [0, 0.1) is 52.3 Å². The van der Waals surface area contributed by atoms with Crippen LogP contribution in [0.1, 0.15) is 85.5 Å². The number of aliphatic hydroxyl groups is 2. The van der Waals surface area contributed by atoms with Gasteiger partial charge in [0.1, 0.15) is 0 Å². The maximum Gasteiger partial charge on any atom is 0.333 e. The summed E-state index contributed by atoms with van der Waals surface area (Å²) in [6.45, 7) is 9.60. The smallest absolute Gasteiger partial charge is 0.333 e. The molecule has 0 aromatic carbocycles. The van der Waals surface area contributed by atoms with Gasteiger partial charge in [0.2, 0.25) is 0 Å². The van der Waals surface area contributed by atoms with Crippen LogP contribution >= 0.6 is 0 Å². The first-order chi connectivity index (χ1) is 14.9. The summed E-state index contributed by atoms with van der Waals surface area (Å²) in [5, 5.41) is 22.2. The molecule has 0 amide bonds. The van der Waals surface area contributed by atoms with Crippen molar-refractivity contribution in [1.82, 2.24) is 4.72 Å². The summed E-state index contributed by atoms with van der Waals surface area (Å²) in [7, 11) is -4.14. The second-order valence-electron chi connectivity index (χ2n) is 12.3. The van der Waals surface area contributed by atoms with E-state index in [2.05, 4.69) is 32.4 Å². The van der Waals surface area contributed by atoms with Crippen molar-refractivity contribution in [3.63, 3.8) is 0 Å². The Labute approximate surface area is 194 Å². The normalized spacial score (nSPS) is 49.7. The topological polar surface area (TPSA) is 107 Å². The highest BCUT2D eigenvalue weighted by molar-refractivity contribution is 7.83. The molecular formula is C25H45NO5S. The second-order valence-corrected chi connectivity index (χ2v) is 13.5. The van der Waals surface area contributed by atoms with Gasteiger partial charge in [-0.15, -0.1) is 0 Å². The van der Waals surface area contributed by atoms with Crippen molar-refractivity contribution >= 4 is 10.3 Å². The summed E-state index contributed by atoms with van der Waals surface area (Å²) in [6, 6.07) is 0. The number of rotatable bonds is 6. The third-order valence-corrected chi connectivity index (χ3v) is 11.6. The maximum atomic E-state index is 11.7. The van der Waals surface area contributed by atoms with E-state index in [1.54, 1.807) is 0 Å². The highest BCUT2D eigenvalue weighted by Crippen LogP contribution is 2.69. The standard InChI is InChI=1S/C25H45NO5S/c1-5-17-21-14-16(27)8-11-25(21,4)20-9-12-24(3)18(6-7-19(24)22(20)23(17)28)15(2)10-13-26-32(29,30)31/h15-23,26-28H,5-14H2,1-4H3,(H,29,30,31)/t15-,16-,17-,18-,19+,20+,21?,22+,23-,24-,25-/m1/s1. The zero-order valence-electron chi connectivity index (χ0n) is 20.3. The monoisotopic (exact) mass is 471 g/mol. The van der Waals surface area contributed by atoms with Crippen molar-refractivity contribution in [2.75, 3.05) is 6.54 Å². The van der Waals surface area contributed by atoms with E-state index in [4.69, 9.17) is 4.55 Å². The number of fused-ring (bicyclic) bond motifs is 5. The number of nitrogens with one attached hydrogen (secondary N) is 1. The Kier molecular flexibility index (Phi) is 6.83. The molecule has 11 atom stereocenters. The number of hydrogen-bond donors (Lipinski definition) is 4. The first-order valence-corrected chi connectivity index (χ1v) is 14.4. The third-order valence-electron chi connectivity index (χ3n) is 11.0. The molecule has 0 aromatic heterocycles. The van der Waals surface area contributed by atoms with Gasteiger partial charge in [0, 0.05) is 6.54 Å². The fourth-order valence-electron chi connectivity index (χ4n) is 9.55. The second kappa shape index (κ2) is 8.78. The molecule has 6 nitrogen and oxygen atoms in total. The van der Waals surface area contributed by atoms with Gasteiger partial charge in [-0.3, -0.25) is 4.55 Å². The summed E-state index contributed by atoms with van der Waals surface area (Å²) in [5.41, 5.74) is 0.392. The van der Waals surface area contributed by atoms with Gasteiger partial charge >= 0.3 is 10.3 Å². The average molecular weight is 472 g/mol. The lowest BCUT2D eigenvalue weighted by Gasteiger charge is -2.64. The molecule has 4 N–H and O–H groups in total. The van der Waals surface area contributed by atoms with E-state index in [1.807, 2.05) is 0 Å². The Balaban J connectivity index is 1.56.